The zero-order valence-corrected chi connectivity index (χ0v) is 17.3. The van der Waals surface area contributed by atoms with Crippen LogP contribution in [0.4, 0.5) is 8.78 Å². The molecule has 0 saturated heterocycles. The Morgan fingerprint density at radius 1 is 1.21 bits per heavy atom. The third-order valence-electron chi connectivity index (χ3n) is 4.24. The fourth-order valence-electron chi connectivity index (χ4n) is 2.66. The van der Waals surface area contributed by atoms with Crippen LogP contribution in [-0.2, 0) is 16.7 Å². The molecule has 0 radical (unpaired) electrons. The fourth-order valence-corrected chi connectivity index (χ4v) is 2.66. The average Bonchev–Trinajstić information content (AvgIpc) is 2.97. The normalized spacial score (nSPS) is 12.1. The zero-order chi connectivity index (χ0) is 21.1. The minimum absolute atomic E-state index is 0.0392. The minimum Gasteiger partial charge on any atom is -0.486 e. The molecule has 0 amide bonds. The van der Waals surface area contributed by atoms with Crippen LogP contribution in [-0.4, -0.2) is 38.0 Å². The molecule has 1 heterocycles. The molecule has 0 aliphatic heterocycles. The number of carbonyl (C=O) groups excluding carboxylic acids is 1. The quantitative estimate of drug-likeness (QED) is 0.538. The number of hydrogen-bond donors (Lipinski definition) is 0. The minimum atomic E-state index is -1.18. The number of nitrogens with zero attached hydrogens (tertiary/aromatic N) is 2. The van der Waals surface area contributed by atoms with Crippen LogP contribution < -0.4 is 4.74 Å². The van der Waals surface area contributed by atoms with Gasteiger partial charge in [0.2, 0.25) is 5.88 Å². The van der Waals surface area contributed by atoms with Crippen LogP contribution in [0.5, 0.6) is 5.88 Å². The number of benzene rings is 1. The first-order valence-electron chi connectivity index (χ1n) is 9.32. The monoisotopic (exact) mass is 390 g/mol. The van der Waals surface area contributed by atoms with Gasteiger partial charge in [0.15, 0.2) is 21.4 Å². The molecule has 150 valence electrons. The van der Waals surface area contributed by atoms with Crippen LogP contribution in [0.3, 0.4) is 0 Å². The van der Waals surface area contributed by atoms with Gasteiger partial charge in [0.1, 0.15) is 11.6 Å². The van der Waals surface area contributed by atoms with E-state index in [1.807, 2.05) is 0 Å². The van der Waals surface area contributed by atoms with Crippen LogP contribution in [0, 0.1) is 17.0 Å². The molecule has 0 unspecified atom stereocenters. The van der Waals surface area contributed by atoms with E-state index in [1.165, 1.54) is 6.07 Å². The Morgan fingerprint density at radius 3 is 2.50 bits per heavy atom. The number of halogens is 2. The molecular weight excluding hydrogens is 364 g/mol. The van der Waals surface area contributed by atoms with Crippen molar-refractivity contribution in [3.63, 3.8) is 0 Å². The van der Waals surface area contributed by atoms with Crippen LogP contribution in [0.2, 0.25) is 0 Å². The van der Waals surface area contributed by atoms with E-state index in [1.54, 1.807) is 27.3 Å². The van der Waals surface area contributed by atoms with Crippen molar-refractivity contribution >= 4 is 21.7 Å². The lowest BCUT2D eigenvalue weighted by Gasteiger charge is -2.28. The summed E-state index contributed by atoms with van der Waals surface area (Å²) in [6.07, 6.45) is 0.780. The van der Waals surface area contributed by atoms with Gasteiger partial charge in [-0.05, 0) is 37.0 Å². The Bertz CT molecular complexity index is 848. The lowest BCUT2D eigenvalue weighted by atomic mass is 9.61. The highest BCUT2D eigenvalue weighted by molar-refractivity contribution is 6.39. The van der Waals surface area contributed by atoms with Gasteiger partial charge < -0.3 is 9.47 Å². The van der Waals surface area contributed by atoms with Crippen molar-refractivity contribution in [1.82, 2.24) is 9.78 Å². The predicted molar refractivity (Wildman–Crippen MR) is 108 cm³/mol. The smallest absolute Gasteiger partial charge is 0.358 e. The van der Waals surface area contributed by atoms with Gasteiger partial charge in [-0.2, -0.15) is 5.10 Å². The molecule has 9 heteroatoms. The van der Waals surface area contributed by atoms with Crippen LogP contribution in [0.25, 0.3) is 0 Å². The van der Waals surface area contributed by atoms with Crippen molar-refractivity contribution in [3.05, 3.63) is 47.2 Å². The Labute approximate surface area is 166 Å². The molecule has 0 fully saturated rings. The average molecular weight is 390 g/mol. The van der Waals surface area contributed by atoms with E-state index in [0.29, 0.717) is 12.4 Å². The second-order valence-corrected chi connectivity index (χ2v) is 8.36. The largest absolute Gasteiger partial charge is 0.486 e. The van der Waals surface area contributed by atoms with E-state index in [0.717, 1.165) is 24.6 Å². The van der Waals surface area contributed by atoms with Crippen molar-refractivity contribution in [2.45, 2.75) is 46.1 Å². The third kappa shape index (κ3) is 5.59. The predicted octanol–water partition coefficient (Wildman–Crippen LogP) is 2.23. The molecule has 2 rings (SSSR count). The third-order valence-corrected chi connectivity index (χ3v) is 4.24. The van der Waals surface area contributed by atoms with Gasteiger partial charge in [-0.25, -0.2) is 18.3 Å². The second kappa shape index (κ2) is 8.37. The van der Waals surface area contributed by atoms with Gasteiger partial charge in [-0.1, -0.05) is 20.8 Å². The highest BCUT2D eigenvalue weighted by atomic mass is 19.1. The summed E-state index contributed by atoms with van der Waals surface area (Å²) in [5.74, 6) is -1.39. The van der Waals surface area contributed by atoms with E-state index in [2.05, 4.69) is 25.9 Å². The Balaban J connectivity index is 2.38. The van der Waals surface area contributed by atoms with Crippen LogP contribution in [0.1, 0.15) is 50.2 Å². The molecule has 0 aliphatic carbocycles. The van der Waals surface area contributed by atoms with Gasteiger partial charge in [0, 0.05) is 18.2 Å². The number of ether oxygens (including phenoxy) is 2. The summed E-state index contributed by atoms with van der Waals surface area (Å²) in [6, 6.07) is 4.70. The Kier molecular flexibility index (Phi) is 6.57. The molecule has 0 aliphatic rings. The maximum absolute atomic E-state index is 14.3. The Morgan fingerprint density at radius 2 is 1.89 bits per heavy atom. The van der Waals surface area contributed by atoms with Gasteiger partial charge in [-0.3, -0.25) is 0 Å². The number of hydrogen-bond acceptors (Lipinski definition) is 4. The molecule has 0 N–H and O–H groups in total. The van der Waals surface area contributed by atoms with Crippen molar-refractivity contribution in [2.24, 2.45) is 5.41 Å². The first-order chi connectivity index (χ1) is 12.9. The summed E-state index contributed by atoms with van der Waals surface area (Å²) in [7, 11) is 3.27. The van der Waals surface area contributed by atoms with Crippen LogP contribution >= 0.6 is 0 Å². The number of carbonyl (C=O) groups is 1. The summed E-state index contributed by atoms with van der Waals surface area (Å²) >= 11 is 0. The van der Waals surface area contributed by atoms with Crippen molar-refractivity contribution < 1.29 is 23.0 Å². The summed E-state index contributed by atoms with van der Waals surface area (Å²) in [5, 5.41) is 3.12. The molecule has 0 saturated carbocycles. The summed E-state index contributed by atoms with van der Waals surface area (Å²) in [6.45, 7) is 8.71. The van der Waals surface area contributed by atoms with Gasteiger partial charge in [0.25, 0.3) is 0 Å². The second-order valence-electron chi connectivity index (χ2n) is 8.36. The maximum atomic E-state index is 14.3. The highest BCUT2D eigenvalue weighted by Crippen LogP contribution is 2.28. The standard InChI is InChI=1S/C19H26B2F2N2O3/c1-5-27-17(26)15-11-16(25(24-15)9-8-18(2,3)4)28-19(20,21)13-10-12(22)6-7-14(13)23/h6-7,10-11H,5,8-9,20-21H2,1-4H3. The van der Waals surface area contributed by atoms with Crippen molar-refractivity contribution in [3.8, 4) is 5.88 Å². The molecule has 28 heavy (non-hydrogen) atoms. The molecule has 5 nitrogen and oxygen atoms in total. The molecule has 1 aromatic heterocycles. The molecule has 0 spiro atoms. The van der Waals surface area contributed by atoms with E-state index < -0.39 is 23.0 Å². The van der Waals surface area contributed by atoms with E-state index in [9.17, 15) is 13.6 Å². The first kappa shape index (κ1) is 22.0. The van der Waals surface area contributed by atoms with E-state index in [-0.39, 0.29) is 23.3 Å². The first-order valence-corrected chi connectivity index (χ1v) is 9.32. The molecule has 2 aromatic rings. The highest BCUT2D eigenvalue weighted by Gasteiger charge is 2.29. The molecule has 1 aromatic carbocycles. The number of aromatic nitrogens is 2. The fraction of sp³-hybridized carbons (Fsp3) is 0.474. The Hall–Kier alpha value is -2.31. The molecule has 0 atom stereocenters. The zero-order valence-electron chi connectivity index (χ0n) is 17.3. The number of esters is 1. The maximum Gasteiger partial charge on any atom is 0.358 e. The summed E-state index contributed by atoms with van der Waals surface area (Å²) < 4.78 is 40.5. The van der Waals surface area contributed by atoms with Crippen molar-refractivity contribution in [1.29, 1.82) is 0 Å². The molecule has 0 bridgehead atoms. The SMILES string of the molecule is BC(B)(Oc1cc(C(=O)OCC)nn1CCC(C)(C)C)c1cc(F)ccc1F. The summed E-state index contributed by atoms with van der Waals surface area (Å²) in [4.78, 5) is 12.1. The van der Waals surface area contributed by atoms with E-state index >= 15 is 0 Å². The number of aryl methyl sites for hydroxylation is 1. The molecular formula is C19H26B2F2N2O3. The van der Waals surface area contributed by atoms with Gasteiger partial charge in [0.05, 0.1) is 12.0 Å². The van der Waals surface area contributed by atoms with Crippen LogP contribution in [0.15, 0.2) is 24.3 Å². The number of rotatable bonds is 7. The summed E-state index contributed by atoms with van der Waals surface area (Å²) in [5.41, 5.74) is 0.229. The lowest BCUT2D eigenvalue weighted by Crippen LogP contribution is -2.36. The van der Waals surface area contributed by atoms with Gasteiger partial charge >= 0.3 is 5.97 Å². The van der Waals surface area contributed by atoms with E-state index in [4.69, 9.17) is 9.47 Å². The van der Waals surface area contributed by atoms with Gasteiger partial charge in [-0.15, -0.1) is 0 Å². The topological polar surface area (TPSA) is 53.4 Å². The lowest BCUT2D eigenvalue weighted by molar-refractivity contribution is 0.0518. The van der Waals surface area contributed by atoms with Crippen molar-refractivity contribution in [2.75, 3.05) is 6.61 Å².